The lowest BCUT2D eigenvalue weighted by Gasteiger charge is -2.09. The molecule has 7 nitrogen and oxygen atoms in total. The minimum Gasteiger partial charge on any atom is -0.495 e. The number of hydrogen-bond donors (Lipinski definition) is 0. The summed E-state index contributed by atoms with van der Waals surface area (Å²) in [5.41, 5.74) is 3.03. The van der Waals surface area contributed by atoms with Gasteiger partial charge in [-0.05, 0) is 61.0 Å². The van der Waals surface area contributed by atoms with Crippen molar-refractivity contribution in [3.8, 4) is 5.75 Å². The van der Waals surface area contributed by atoms with Gasteiger partial charge < -0.3 is 9.15 Å². The number of oxazole rings is 1. The first kappa shape index (κ1) is 22.1. The van der Waals surface area contributed by atoms with Gasteiger partial charge in [-0.15, -0.1) is 0 Å². The van der Waals surface area contributed by atoms with Crippen LogP contribution in [0.1, 0.15) is 32.3 Å². The molecule has 5 aromatic rings. The minimum atomic E-state index is -0.340. The van der Waals surface area contributed by atoms with Gasteiger partial charge in [0.1, 0.15) is 5.75 Å². The van der Waals surface area contributed by atoms with Crippen molar-refractivity contribution in [2.45, 2.75) is 13.3 Å². The SMILES string of the molecule is COc1cc2c(CC(=O)c3nc4ncccc4o3)c(C)n(C(=O)c3ccc(Cl)cc3)c2cc1Cl. The van der Waals surface area contributed by atoms with E-state index in [9.17, 15) is 9.59 Å². The molecule has 3 aromatic heterocycles. The Morgan fingerprint density at radius 2 is 1.88 bits per heavy atom. The van der Waals surface area contributed by atoms with Crippen LogP contribution in [0.15, 0.2) is 59.1 Å². The summed E-state index contributed by atoms with van der Waals surface area (Å²) in [5.74, 6) is -0.220. The standard InChI is InChI=1S/C25H17Cl2N3O4/c1-13-16(10-20(31)24-29-23-21(34-24)4-3-9-28-23)17-11-22(33-2)18(27)12-19(17)30(13)25(32)14-5-7-15(26)8-6-14/h3-9,11-12H,10H2,1-2H3. The Bertz CT molecular complexity index is 1550. The van der Waals surface area contributed by atoms with Gasteiger partial charge in [0.15, 0.2) is 11.2 Å². The van der Waals surface area contributed by atoms with Gasteiger partial charge in [-0.2, -0.15) is 4.98 Å². The van der Waals surface area contributed by atoms with E-state index >= 15 is 0 Å². The number of Topliss-reactive ketones (excluding diaryl/α,β-unsaturated/α-hetero) is 1. The minimum absolute atomic E-state index is 0.0408. The predicted octanol–water partition coefficient (Wildman–Crippen LogP) is 5.92. The summed E-state index contributed by atoms with van der Waals surface area (Å²) in [6.45, 7) is 1.78. The zero-order chi connectivity index (χ0) is 24.0. The van der Waals surface area contributed by atoms with Crippen molar-refractivity contribution in [2.24, 2.45) is 0 Å². The van der Waals surface area contributed by atoms with Crippen LogP contribution in [0.5, 0.6) is 5.75 Å². The van der Waals surface area contributed by atoms with Crippen molar-refractivity contribution in [3.63, 3.8) is 0 Å². The van der Waals surface area contributed by atoms with Crippen molar-refractivity contribution < 1.29 is 18.7 Å². The second-order valence-electron chi connectivity index (χ2n) is 7.66. The first-order chi connectivity index (χ1) is 16.4. The Morgan fingerprint density at radius 1 is 1.12 bits per heavy atom. The third kappa shape index (κ3) is 3.73. The molecule has 0 aliphatic heterocycles. The van der Waals surface area contributed by atoms with Crippen LogP contribution in [-0.2, 0) is 6.42 Å². The van der Waals surface area contributed by atoms with Crippen molar-refractivity contribution in [1.29, 1.82) is 0 Å². The zero-order valence-electron chi connectivity index (χ0n) is 18.1. The fourth-order valence-corrected chi connectivity index (χ4v) is 4.33. The fourth-order valence-electron chi connectivity index (χ4n) is 3.97. The summed E-state index contributed by atoms with van der Waals surface area (Å²) in [5, 5.41) is 1.54. The number of halogens is 2. The molecule has 0 fully saturated rings. The highest BCUT2D eigenvalue weighted by molar-refractivity contribution is 6.33. The second-order valence-corrected chi connectivity index (χ2v) is 8.50. The number of carbonyl (C=O) groups excluding carboxylic acids is 2. The van der Waals surface area contributed by atoms with Gasteiger partial charge in [-0.3, -0.25) is 14.2 Å². The highest BCUT2D eigenvalue weighted by Gasteiger charge is 2.25. The number of carbonyl (C=O) groups is 2. The Morgan fingerprint density at radius 3 is 2.59 bits per heavy atom. The van der Waals surface area contributed by atoms with Crippen LogP contribution in [0.3, 0.4) is 0 Å². The fraction of sp³-hybridized carbons (Fsp3) is 0.120. The smallest absolute Gasteiger partial charge is 0.266 e. The summed E-state index contributed by atoms with van der Waals surface area (Å²) in [4.78, 5) is 34.9. The van der Waals surface area contributed by atoms with Gasteiger partial charge in [-0.1, -0.05) is 23.2 Å². The van der Waals surface area contributed by atoms with E-state index in [-0.39, 0.29) is 24.0 Å². The third-order valence-corrected chi connectivity index (χ3v) is 6.19. The molecule has 0 spiro atoms. The molecule has 0 saturated heterocycles. The van der Waals surface area contributed by atoms with Gasteiger partial charge in [0.05, 0.1) is 17.6 Å². The molecule has 34 heavy (non-hydrogen) atoms. The number of nitrogens with zero attached hydrogens (tertiary/aromatic N) is 3. The Kier molecular flexibility index (Phi) is 5.59. The van der Waals surface area contributed by atoms with E-state index in [1.807, 2.05) is 0 Å². The lowest BCUT2D eigenvalue weighted by Crippen LogP contribution is -2.14. The van der Waals surface area contributed by atoms with Crippen molar-refractivity contribution >= 4 is 57.0 Å². The summed E-state index contributed by atoms with van der Waals surface area (Å²) in [6, 6.07) is 13.4. The second kappa shape index (κ2) is 8.59. The van der Waals surface area contributed by atoms with Gasteiger partial charge in [0, 0.05) is 34.3 Å². The average Bonchev–Trinajstić information content (AvgIpc) is 3.38. The Hall–Kier alpha value is -3.68. The molecule has 2 aromatic carbocycles. The molecule has 0 bridgehead atoms. The maximum absolute atomic E-state index is 13.5. The zero-order valence-corrected chi connectivity index (χ0v) is 19.6. The number of aromatic nitrogens is 3. The highest BCUT2D eigenvalue weighted by atomic mass is 35.5. The quantitative estimate of drug-likeness (QED) is 0.282. The average molecular weight is 494 g/mol. The molecule has 0 aliphatic rings. The molecular formula is C25H17Cl2N3O4. The van der Waals surface area contributed by atoms with Crippen LogP contribution >= 0.6 is 23.2 Å². The van der Waals surface area contributed by atoms with Crippen LogP contribution in [0, 0.1) is 6.92 Å². The van der Waals surface area contributed by atoms with Gasteiger partial charge in [0.2, 0.25) is 5.78 Å². The van der Waals surface area contributed by atoms with Crippen LogP contribution < -0.4 is 4.74 Å². The molecule has 9 heteroatoms. The van der Waals surface area contributed by atoms with E-state index in [0.717, 1.165) is 0 Å². The molecule has 3 heterocycles. The van der Waals surface area contributed by atoms with E-state index in [1.54, 1.807) is 66.2 Å². The number of ketones is 1. The molecule has 0 saturated carbocycles. The number of benzene rings is 2. The molecule has 0 aliphatic carbocycles. The van der Waals surface area contributed by atoms with E-state index in [0.29, 0.717) is 54.7 Å². The van der Waals surface area contributed by atoms with Crippen LogP contribution in [0.4, 0.5) is 0 Å². The molecule has 0 N–H and O–H groups in total. The Labute approximate surface area is 203 Å². The number of pyridine rings is 1. The van der Waals surface area contributed by atoms with E-state index < -0.39 is 0 Å². The van der Waals surface area contributed by atoms with Crippen molar-refractivity contribution in [3.05, 3.63) is 87.5 Å². The maximum atomic E-state index is 13.5. The van der Waals surface area contributed by atoms with Crippen molar-refractivity contribution in [1.82, 2.24) is 14.5 Å². The topological polar surface area (TPSA) is 87.2 Å². The molecule has 0 atom stereocenters. The normalized spacial score (nSPS) is 11.3. The predicted molar refractivity (Wildman–Crippen MR) is 129 cm³/mol. The van der Waals surface area contributed by atoms with Gasteiger partial charge >= 0.3 is 0 Å². The molecular weight excluding hydrogens is 477 g/mol. The molecule has 170 valence electrons. The summed E-state index contributed by atoms with van der Waals surface area (Å²) in [7, 11) is 1.51. The van der Waals surface area contributed by atoms with Gasteiger partial charge in [-0.25, -0.2) is 4.98 Å². The number of ether oxygens (including phenoxy) is 1. The molecule has 0 amide bonds. The Balaban J connectivity index is 1.64. The first-order valence-electron chi connectivity index (χ1n) is 10.3. The highest BCUT2D eigenvalue weighted by Crippen LogP contribution is 2.36. The third-order valence-electron chi connectivity index (χ3n) is 5.64. The summed E-state index contributed by atoms with van der Waals surface area (Å²) in [6.07, 6.45) is 1.54. The largest absolute Gasteiger partial charge is 0.495 e. The number of fused-ring (bicyclic) bond motifs is 2. The summed E-state index contributed by atoms with van der Waals surface area (Å²) >= 11 is 12.4. The van der Waals surface area contributed by atoms with Crippen LogP contribution in [-0.4, -0.2) is 33.3 Å². The van der Waals surface area contributed by atoms with Crippen LogP contribution in [0.25, 0.3) is 22.1 Å². The summed E-state index contributed by atoms with van der Waals surface area (Å²) < 4.78 is 12.5. The lowest BCUT2D eigenvalue weighted by molar-refractivity contribution is 0.0949. The number of hydrogen-bond acceptors (Lipinski definition) is 6. The van der Waals surface area contributed by atoms with E-state index in [2.05, 4.69) is 9.97 Å². The first-order valence-corrected chi connectivity index (χ1v) is 11.1. The molecule has 0 unspecified atom stereocenters. The molecule has 5 rings (SSSR count). The number of rotatable bonds is 5. The van der Waals surface area contributed by atoms with Crippen molar-refractivity contribution in [2.75, 3.05) is 7.11 Å². The van der Waals surface area contributed by atoms with E-state index in [4.69, 9.17) is 32.4 Å². The van der Waals surface area contributed by atoms with Gasteiger partial charge in [0.25, 0.3) is 11.8 Å². The molecule has 0 radical (unpaired) electrons. The lowest BCUT2D eigenvalue weighted by atomic mass is 10.0. The van der Waals surface area contributed by atoms with E-state index in [1.165, 1.54) is 7.11 Å². The maximum Gasteiger partial charge on any atom is 0.266 e. The van der Waals surface area contributed by atoms with Crippen LogP contribution in [0.2, 0.25) is 10.0 Å². The monoisotopic (exact) mass is 493 g/mol. The number of methoxy groups -OCH3 is 1.